The van der Waals surface area contributed by atoms with E-state index < -0.39 is 0 Å². The SMILES string of the molecule is Cc1nc(C)c(C(C)n2c(CCl)nc3cc(I)ccc32)s1. The molecule has 0 N–H and O–H groups in total. The van der Waals surface area contributed by atoms with Gasteiger partial charge in [0, 0.05) is 3.57 Å². The molecule has 1 unspecified atom stereocenters. The van der Waals surface area contributed by atoms with Crippen molar-refractivity contribution in [2.75, 3.05) is 0 Å². The molecule has 0 aliphatic rings. The van der Waals surface area contributed by atoms with E-state index in [-0.39, 0.29) is 6.04 Å². The largest absolute Gasteiger partial charge is 0.319 e. The summed E-state index contributed by atoms with van der Waals surface area (Å²) in [4.78, 5) is 10.5. The number of benzene rings is 1. The Morgan fingerprint density at radius 3 is 2.71 bits per heavy atom. The van der Waals surface area contributed by atoms with Crippen LogP contribution in [-0.4, -0.2) is 14.5 Å². The lowest BCUT2D eigenvalue weighted by molar-refractivity contribution is 0.639. The van der Waals surface area contributed by atoms with E-state index >= 15 is 0 Å². The van der Waals surface area contributed by atoms with Crippen molar-refractivity contribution >= 4 is 56.6 Å². The van der Waals surface area contributed by atoms with Crippen LogP contribution >= 0.6 is 45.5 Å². The zero-order valence-electron chi connectivity index (χ0n) is 12.0. The standard InChI is InChI=1S/C15H15ClIN3S/c1-8-15(21-10(3)18-8)9(2)20-13-5-4-11(17)6-12(13)19-14(20)7-16/h4-6,9H,7H2,1-3H3. The van der Waals surface area contributed by atoms with Crippen LogP contribution < -0.4 is 0 Å². The van der Waals surface area contributed by atoms with Gasteiger partial charge >= 0.3 is 0 Å². The summed E-state index contributed by atoms with van der Waals surface area (Å²) >= 11 is 10.2. The molecule has 2 aromatic heterocycles. The molecule has 6 heteroatoms. The van der Waals surface area contributed by atoms with Crippen molar-refractivity contribution in [3.63, 3.8) is 0 Å². The molecule has 110 valence electrons. The number of hydrogen-bond donors (Lipinski definition) is 0. The molecule has 1 aromatic carbocycles. The van der Waals surface area contributed by atoms with Gasteiger partial charge in [0.05, 0.1) is 38.5 Å². The van der Waals surface area contributed by atoms with Crippen LogP contribution in [0.1, 0.15) is 34.4 Å². The van der Waals surface area contributed by atoms with Gasteiger partial charge in [-0.15, -0.1) is 22.9 Å². The number of imidazole rings is 1. The Hall–Kier alpha value is -0.660. The number of alkyl halides is 1. The van der Waals surface area contributed by atoms with E-state index in [9.17, 15) is 0 Å². The Kier molecular flexibility index (Phi) is 4.25. The van der Waals surface area contributed by atoms with E-state index in [1.807, 2.05) is 6.92 Å². The van der Waals surface area contributed by atoms with Crippen LogP contribution in [0.5, 0.6) is 0 Å². The molecule has 0 aliphatic heterocycles. The predicted octanol–water partition coefficient (Wildman–Crippen LogP) is 5.06. The third-order valence-corrected chi connectivity index (χ3v) is 5.70. The Morgan fingerprint density at radius 2 is 2.10 bits per heavy atom. The van der Waals surface area contributed by atoms with Crippen LogP contribution in [0.15, 0.2) is 18.2 Å². The molecule has 21 heavy (non-hydrogen) atoms. The van der Waals surface area contributed by atoms with Gasteiger partial charge in [-0.05, 0) is 61.6 Å². The van der Waals surface area contributed by atoms with Gasteiger partial charge < -0.3 is 4.57 Å². The molecule has 3 aromatic rings. The molecule has 0 spiro atoms. The number of hydrogen-bond acceptors (Lipinski definition) is 3. The minimum absolute atomic E-state index is 0.190. The van der Waals surface area contributed by atoms with Crippen molar-refractivity contribution in [3.05, 3.63) is 43.2 Å². The monoisotopic (exact) mass is 431 g/mol. The van der Waals surface area contributed by atoms with Gasteiger partial charge in [0.2, 0.25) is 0 Å². The van der Waals surface area contributed by atoms with Gasteiger partial charge in [-0.3, -0.25) is 0 Å². The predicted molar refractivity (Wildman–Crippen MR) is 97.4 cm³/mol. The maximum Gasteiger partial charge on any atom is 0.125 e. The third kappa shape index (κ3) is 2.71. The van der Waals surface area contributed by atoms with E-state index in [0.29, 0.717) is 5.88 Å². The van der Waals surface area contributed by atoms with E-state index in [2.05, 4.69) is 69.2 Å². The number of thiazole rings is 1. The van der Waals surface area contributed by atoms with Gasteiger partial charge in [0.1, 0.15) is 5.82 Å². The number of halogens is 2. The highest BCUT2D eigenvalue weighted by atomic mass is 127. The topological polar surface area (TPSA) is 30.7 Å². The smallest absolute Gasteiger partial charge is 0.125 e. The van der Waals surface area contributed by atoms with Crippen molar-refractivity contribution < 1.29 is 0 Å². The van der Waals surface area contributed by atoms with Gasteiger partial charge in [-0.2, -0.15) is 0 Å². The zero-order chi connectivity index (χ0) is 15.1. The number of fused-ring (bicyclic) bond motifs is 1. The van der Waals surface area contributed by atoms with Gasteiger partial charge in [0.25, 0.3) is 0 Å². The molecular formula is C15H15ClIN3S. The highest BCUT2D eigenvalue weighted by molar-refractivity contribution is 14.1. The van der Waals surface area contributed by atoms with E-state index in [1.165, 1.54) is 8.45 Å². The van der Waals surface area contributed by atoms with E-state index in [0.717, 1.165) is 27.6 Å². The first-order valence-corrected chi connectivity index (χ1v) is 9.10. The highest BCUT2D eigenvalue weighted by Crippen LogP contribution is 2.32. The lowest BCUT2D eigenvalue weighted by atomic mass is 10.2. The molecule has 3 rings (SSSR count). The maximum absolute atomic E-state index is 6.12. The minimum atomic E-state index is 0.190. The fourth-order valence-electron chi connectivity index (χ4n) is 2.70. The number of nitrogens with zero attached hydrogens (tertiary/aromatic N) is 3. The Bertz CT molecular complexity index is 809. The van der Waals surface area contributed by atoms with Crippen molar-refractivity contribution in [1.82, 2.24) is 14.5 Å². The van der Waals surface area contributed by atoms with E-state index in [4.69, 9.17) is 11.6 Å². The average Bonchev–Trinajstić information content (AvgIpc) is 2.97. The lowest BCUT2D eigenvalue weighted by Gasteiger charge is -2.16. The van der Waals surface area contributed by atoms with Crippen molar-refractivity contribution in [2.24, 2.45) is 0 Å². The minimum Gasteiger partial charge on any atom is -0.319 e. The number of aromatic nitrogens is 3. The number of aryl methyl sites for hydroxylation is 2. The summed E-state index contributed by atoms with van der Waals surface area (Å²) in [5.41, 5.74) is 3.23. The normalized spacial score (nSPS) is 13.0. The quantitative estimate of drug-likeness (QED) is 0.428. The van der Waals surface area contributed by atoms with Crippen molar-refractivity contribution in [1.29, 1.82) is 0 Å². The molecular weight excluding hydrogens is 417 g/mol. The first-order chi connectivity index (χ1) is 10.0. The van der Waals surface area contributed by atoms with Gasteiger partial charge in [0.15, 0.2) is 0 Å². The first kappa shape index (κ1) is 15.2. The molecule has 2 heterocycles. The van der Waals surface area contributed by atoms with Gasteiger partial charge in [-0.1, -0.05) is 0 Å². The summed E-state index contributed by atoms with van der Waals surface area (Å²) < 4.78 is 3.42. The summed E-state index contributed by atoms with van der Waals surface area (Å²) in [5.74, 6) is 1.32. The lowest BCUT2D eigenvalue weighted by Crippen LogP contribution is -2.09. The Labute approximate surface area is 146 Å². The van der Waals surface area contributed by atoms with Crippen LogP contribution in [0, 0.1) is 17.4 Å². The fraction of sp³-hybridized carbons (Fsp3) is 0.333. The third-order valence-electron chi connectivity index (χ3n) is 3.55. The summed E-state index contributed by atoms with van der Waals surface area (Å²) in [6.45, 7) is 6.30. The highest BCUT2D eigenvalue weighted by Gasteiger charge is 2.20. The fourth-order valence-corrected chi connectivity index (χ4v) is 4.33. The Morgan fingerprint density at radius 1 is 1.33 bits per heavy atom. The molecule has 0 saturated heterocycles. The van der Waals surface area contributed by atoms with Crippen LogP contribution in [-0.2, 0) is 5.88 Å². The molecule has 0 bridgehead atoms. The second-order valence-electron chi connectivity index (χ2n) is 5.02. The molecule has 1 atom stereocenters. The summed E-state index contributed by atoms with van der Waals surface area (Å²) in [6.07, 6.45) is 0. The first-order valence-electron chi connectivity index (χ1n) is 6.67. The van der Waals surface area contributed by atoms with Crippen LogP contribution in [0.2, 0.25) is 0 Å². The molecule has 0 fully saturated rings. The average molecular weight is 432 g/mol. The molecule has 0 aliphatic carbocycles. The van der Waals surface area contributed by atoms with Gasteiger partial charge in [-0.25, -0.2) is 9.97 Å². The summed E-state index contributed by atoms with van der Waals surface area (Å²) in [7, 11) is 0. The van der Waals surface area contributed by atoms with Crippen LogP contribution in [0.4, 0.5) is 0 Å². The summed E-state index contributed by atoms with van der Waals surface area (Å²) in [6, 6.07) is 6.52. The van der Waals surface area contributed by atoms with Crippen LogP contribution in [0.3, 0.4) is 0 Å². The van der Waals surface area contributed by atoms with E-state index in [1.54, 1.807) is 11.3 Å². The number of rotatable bonds is 3. The molecule has 0 saturated carbocycles. The van der Waals surface area contributed by atoms with Crippen molar-refractivity contribution in [2.45, 2.75) is 32.7 Å². The summed E-state index contributed by atoms with van der Waals surface area (Å²) in [5, 5.41) is 1.10. The molecule has 0 amide bonds. The zero-order valence-corrected chi connectivity index (χ0v) is 15.8. The second-order valence-corrected chi connectivity index (χ2v) is 7.77. The second kappa shape index (κ2) is 5.85. The molecule has 0 radical (unpaired) electrons. The molecule has 3 nitrogen and oxygen atoms in total. The van der Waals surface area contributed by atoms with Crippen LogP contribution in [0.25, 0.3) is 11.0 Å². The Balaban J connectivity index is 2.20. The van der Waals surface area contributed by atoms with Crippen molar-refractivity contribution in [3.8, 4) is 0 Å². The maximum atomic E-state index is 6.12.